The molecule has 0 rings (SSSR count). The molecule has 1 N–H and O–H groups in total. The predicted molar refractivity (Wildman–Crippen MR) is 37.2 cm³/mol. The fourth-order valence-corrected chi connectivity index (χ4v) is 0.390. The number of amides is 1. The molecule has 1 amide bonds. The van der Waals surface area contributed by atoms with E-state index in [1.165, 1.54) is 0 Å². The molecular weight excluding hydrogens is 116 g/mol. The van der Waals surface area contributed by atoms with Gasteiger partial charge in [-0.1, -0.05) is 6.92 Å². The molecule has 0 fully saturated rings. The van der Waals surface area contributed by atoms with E-state index in [0.29, 0.717) is 6.54 Å². The van der Waals surface area contributed by atoms with Crippen molar-refractivity contribution < 1.29 is 4.79 Å². The number of nitrogens with zero attached hydrogens (tertiary/aromatic N) is 1. The van der Waals surface area contributed by atoms with Crippen molar-refractivity contribution in [2.24, 2.45) is 0 Å². The summed E-state index contributed by atoms with van der Waals surface area (Å²) >= 11 is 0. The number of hydrogen-bond donors (Lipinski definition) is 1. The van der Waals surface area contributed by atoms with E-state index in [1.807, 2.05) is 6.92 Å². The van der Waals surface area contributed by atoms with Crippen molar-refractivity contribution in [3.05, 3.63) is 0 Å². The lowest BCUT2D eigenvalue weighted by molar-refractivity contribution is -0.127. The Morgan fingerprint density at radius 3 is 2.44 bits per heavy atom. The Balaban J connectivity index is 3.28. The van der Waals surface area contributed by atoms with Crippen molar-refractivity contribution in [1.29, 1.82) is 0 Å². The van der Waals surface area contributed by atoms with Gasteiger partial charge < -0.3 is 10.2 Å². The molecule has 3 heteroatoms. The van der Waals surface area contributed by atoms with Gasteiger partial charge in [-0.3, -0.25) is 4.79 Å². The van der Waals surface area contributed by atoms with Crippen molar-refractivity contribution in [3.8, 4) is 0 Å². The predicted octanol–water partition coefficient (Wildman–Crippen LogP) is -0.316. The summed E-state index contributed by atoms with van der Waals surface area (Å²) in [5.74, 6) is 0.122. The molecule has 0 aromatic heterocycles. The maximum Gasteiger partial charge on any atom is 0.236 e. The standard InChI is InChI=1S/C6H14N2O/c1-4-7-5-6(9)8(2)3/h7H,4-5H2,1-3H3. The molecule has 0 radical (unpaired) electrons. The zero-order valence-electron chi connectivity index (χ0n) is 6.27. The minimum Gasteiger partial charge on any atom is -0.348 e. The van der Waals surface area contributed by atoms with Crippen LogP contribution in [0.2, 0.25) is 0 Å². The topological polar surface area (TPSA) is 32.3 Å². The lowest BCUT2D eigenvalue weighted by Gasteiger charge is -2.09. The molecule has 54 valence electrons. The van der Waals surface area contributed by atoms with Crippen LogP contribution in [0.4, 0.5) is 0 Å². The Hall–Kier alpha value is -0.570. The van der Waals surface area contributed by atoms with Crippen LogP contribution in [0.25, 0.3) is 0 Å². The summed E-state index contributed by atoms with van der Waals surface area (Å²) in [5.41, 5.74) is 0. The number of carbonyl (C=O) groups is 1. The molecule has 0 heterocycles. The van der Waals surface area contributed by atoms with Crippen LogP contribution in [0.3, 0.4) is 0 Å². The van der Waals surface area contributed by atoms with E-state index < -0.39 is 0 Å². The second-order valence-corrected chi connectivity index (χ2v) is 2.07. The summed E-state index contributed by atoms with van der Waals surface area (Å²) in [6.45, 7) is 3.27. The Bertz CT molecular complexity index is 91.1. The molecule has 0 bridgehead atoms. The molecule has 0 aliphatic rings. The van der Waals surface area contributed by atoms with Crippen molar-refractivity contribution in [2.75, 3.05) is 27.2 Å². The van der Waals surface area contributed by atoms with Crippen LogP contribution < -0.4 is 5.32 Å². The number of rotatable bonds is 3. The van der Waals surface area contributed by atoms with Gasteiger partial charge in [0.1, 0.15) is 0 Å². The lowest BCUT2D eigenvalue weighted by atomic mass is 10.5. The summed E-state index contributed by atoms with van der Waals surface area (Å²) < 4.78 is 0. The molecule has 0 saturated carbocycles. The van der Waals surface area contributed by atoms with Crippen LogP contribution in [0.15, 0.2) is 0 Å². The number of likely N-dealkylation sites (N-methyl/N-ethyl adjacent to an activating group) is 2. The fourth-order valence-electron chi connectivity index (χ4n) is 0.390. The molecule has 0 atom stereocenters. The average molecular weight is 130 g/mol. The molecule has 0 spiro atoms. The van der Waals surface area contributed by atoms with E-state index in [9.17, 15) is 4.79 Å². The van der Waals surface area contributed by atoms with Gasteiger partial charge in [-0.25, -0.2) is 0 Å². The SMILES string of the molecule is CCNCC(=O)N(C)C. The van der Waals surface area contributed by atoms with Crippen LogP contribution in [0, 0.1) is 0 Å². The summed E-state index contributed by atoms with van der Waals surface area (Å²) in [4.78, 5) is 12.3. The highest BCUT2D eigenvalue weighted by Gasteiger charge is 1.99. The molecule has 0 aromatic rings. The van der Waals surface area contributed by atoms with Gasteiger partial charge in [0.2, 0.25) is 5.91 Å². The Morgan fingerprint density at radius 2 is 2.11 bits per heavy atom. The first-order chi connectivity index (χ1) is 4.18. The Kier molecular flexibility index (Phi) is 4.05. The van der Waals surface area contributed by atoms with E-state index in [-0.39, 0.29) is 5.91 Å². The summed E-state index contributed by atoms with van der Waals surface area (Å²) in [7, 11) is 3.50. The molecule has 0 unspecified atom stereocenters. The third-order valence-corrected chi connectivity index (χ3v) is 1.03. The van der Waals surface area contributed by atoms with Crippen LogP contribution in [-0.4, -0.2) is 38.0 Å². The van der Waals surface area contributed by atoms with E-state index >= 15 is 0 Å². The zero-order chi connectivity index (χ0) is 7.28. The summed E-state index contributed by atoms with van der Waals surface area (Å²) in [6, 6.07) is 0. The molecule has 3 nitrogen and oxygen atoms in total. The Morgan fingerprint density at radius 1 is 1.56 bits per heavy atom. The quantitative estimate of drug-likeness (QED) is 0.568. The highest BCUT2D eigenvalue weighted by atomic mass is 16.2. The van der Waals surface area contributed by atoms with Crippen LogP contribution in [0.5, 0.6) is 0 Å². The highest BCUT2D eigenvalue weighted by Crippen LogP contribution is 1.73. The third kappa shape index (κ3) is 3.97. The highest BCUT2D eigenvalue weighted by molar-refractivity contribution is 5.77. The first kappa shape index (κ1) is 8.43. The van der Waals surface area contributed by atoms with Gasteiger partial charge in [-0.2, -0.15) is 0 Å². The molecule has 0 aromatic carbocycles. The maximum absolute atomic E-state index is 10.8. The fraction of sp³-hybridized carbons (Fsp3) is 0.833. The molecule has 0 aliphatic heterocycles. The molecule has 0 saturated heterocycles. The van der Waals surface area contributed by atoms with Gasteiger partial charge in [0.25, 0.3) is 0 Å². The maximum atomic E-state index is 10.8. The van der Waals surface area contributed by atoms with Gasteiger partial charge in [0.15, 0.2) is 0 Å². The van der Waals surface area contributed by atoms with E-state index in [0.717, 1.165) is 6.54 Å². The minimum atomic E-state index is 0.122. The van der Waals surface area contributed by atoms with Gasteiger partial charge in [0, 0.05) is 14.1 Å². The molecule has 9 heavy (non-hydrogen) atoms. The van der Waals surface area contributed by atoms with E-state index in [1.54, 1.807) is 19.0 Å². The van der Waals surface area contributed by atoms with Gasteiger partial charge in [-0.15, -0.1) is 0 Å². The molecule has 0 aliphatic carbocycles. The second-order valence-electron chi connectivity index (χ2n) is 2.07. The van der Waals surface area contributed by atoms with Crippen molar-refractivity contribution in [3.63, 3.8) is 0 Å². The smallest absolute Gasteiger partial charge is 0.236 e. The van der Waals surface area contributed by atoms with Crippen molar-refractivity contribution in [2.45, 2.75) is 6.92 Å². The first-order valence-electron chi connectivity index (χ1n) is 3.09. The molecular formula is C6H14N2O. The van der Waals surface area contributed by atoms with Gasteiger partial charge in [-0.05, 0) is 6.54 Å². The monoisotopic (exact) mass is 130 g/mol. The largest absolute Gasteiger partial charge is 0.348 e. The van der Waals surface area contributed by atoms with Crippen molar-refractivity contribution in [1.82, 2.24) is 10.2 Å². The van der Waals surface area contributed by atoms with Crippen molar-refractivity contribution >= 4 is 5.91 Å². The minimum absolute atomic E-state index is 0.122. The van der Waals surface area contributed by atoms with Gasteiger partial charge in [0.05, 0.1) is 6.54 Å². The average Bonchev–Trinajstić information content (AvgIpc) is 1.82. The van der Waals surface area contributed by atoms with E-state index in [2.05, 4.69) is 5.32 Å². The summed E-state index contributed by atoms with van der Waals surface area (Å²) in [5, 5.41) is 2.94. The number of carbonyl (C=O) groups excluding carboxylic acids is 1. The normalized spacial score (nSPS) is 9.22. The second kappa shape index (κ2) is 4.32. The lowest BCUT2D eigenvalue weighted by Crippen LogP contribution is -2.32. The zero-order valence-corrected chi connectivity index (χ0v) is 6.27. The van der Waals surface area contributed by atoms with Crippen LogP contribution >= 0.6 is 0 Å². The Labute approximate surface area is 56.0 Å². The number of hydrogen-bond acceptors (Lipinski definition) is 2. The van der Waals surface area contributed by atoms with Crippen LogP contribution in [0.1, 0.15) is 6.92 Å². The van der Waals surface area contributed by atoms with E-state index in [4.69, 9.17) is 0 Å². The van der Waals surface area contributed by atoms with Gasteiger partial charge >= 0.3 is 0 Å². The number of nitrogens with one attached hydrogen (secondary N) is 1. The third-order valence-electron chi connectivity index (χ3n) is 1.03. The summed E-state index contributed by atoms with van der Waals surface area (Å²) in [6.07, 6.45) is 0. The first-order valence-corrected chi connectivity index (χ1v) is 3.09. The van der Waals surface area contributed by atoms with Crippen LogP contribution in [-0.2, 0) is 4.79 Å².